The number of nitrogens with zero attached hydrogens (tertiary/aromatic N) is 1. The number of methoxy groups -OCH3 is 1. The first-order valence-corrected chi connectivity index (χ1v) is 8.58. The molecule has 0 N–H and O–H groups in total. The summed E-state index contributed by atoms with van der Waals surface area (Å²) >= 11 is 0. The first-order valence-electron chi connectivity index (χ1n) is 8.58. The van der Waals surface area contributed by atoms with Crippen LogP contribution in [0.4, 0.5) is 0 Å². The van der Waals surface area contributed by atoms with E-state index in [4.69, 9.17) is 4.74 Å². The van der Waals surface area contributed by atoms with Crippen molar-refractivity contribution in [3.05, 3.63) is 96.2 Å². The van der Waals surface area contributed by atoms with Crippen LogP contribution in [0.25, 0.3) is 22.0 Å². The standard InChI is InChI=1S/C23H17NO3/c1-27-23(26)20-15-24(21-14-8-7-12-18(20)21)22(25)19-13-6-5-11-17(19)16-9-3-2-4-10-16/h2-15H,1H3. The van der Waals surface area contributed by atoms with Crippen LogP contribution in [0.5, 0.6) is 0 Å². The number of carbonyl (C=O) groups is 2. The summed E-state index contributed by atoms with van der Waals surface area (Å²) in [6.45, 7) is 0. The third-order valence-electron chi connectivity index (χ3n) is 4.58. The zero-order chi connectivity index (χ0) is 18.8. The topological polar surface area (TPSA) is 48.3 Å². The lowest BCUT2D eigenvalue weighted by molar-refractivity contribution is 0.0603. The highest BCUT2D eigenvalue weighted by Crippen LogP contribution is 2.27. The summed E-state index contributed by atoms with van der Waals surface area (Å²) in [6, 6.07) is 24.6. The molecule has 1 aromatic heterocycles. The van der Waals surface area contributed by atoms with Crippen molar-refractivity contribution < 1.29 is 14.3 Å². The Balaban J connectivity index is 1.90. The van der Waals surface area contributed by atoms with Crippen molar-refractivity contribution in [3.63, 3.8) is 0 Å². The second kappa shape index (κ2) is 6.92. The Hall–Kier alpha value is -3.66. The van der Waals surface area contributed by atoms with E-state index in [1.54, 1.807) is 12.3 Å². The van der Waals surface area contributed by atoms with Crippen molar-refractivity contribution in [2.24, 2.45) is 0 Å². The lowest BCUT2D eigenvalue weighted by Gasteiger charge is -2.10. The largest absolute Gasteiger partial charge is 0.465 e. The molecular formula is C23H17NO3. The van der Waals surface area contributed by atoms with Crippen molar-refractivity contribution in [1.29, 1.82) is 0 Å². The van der Waals surface area contributed by atoms with E-state index in [1.165, 1.54) is 11.7 Å². The Morgan fingerprint density at radius 2 is 1.44 bits per heavy atom. The fourth-order valence-corrected chi connectivity index (χ4v) is 3.29. The molecule has 0 spiro atoms. The van der Waals surface area contributed by atoms with Crippen LogP contribution in [-0.2, 0) is 4.74 Å². The van der Waals surface area contributed by atoms with Crippen LogP contribution < -0.4 is 0 Å². The molecule has 0 aliphatic carbocycles. The summed E-state index contributed by atoms with van der Waals surface area (Å²) in [5.41, 5.74) is 3.43. The quantitative estimate of drug-likeness (QED) is 0.497. The van der Waals surface area contributed by atoms with Crippen LogP contribution in [0.15, 0.2) is 85.1 Å². The Bertz CT molecular complexity index is 1140. The van der Waals surface area contributed by atoms with Gasteiger partial charge in [0.05, 0.1) is 18.2 Å². The third-order valence-corrected chi connectivity index (χ3v) is 4.58. The minimum atomic E-state index is -0.464. The molecule has 0 radical (unpaired) electrons. The van der Waals surface area contributed by atoms with E-state index in [9.17, 15) is 9.59 Å². The van der Waals surface area contributed by atoms with Gasteiger partial charge in [-0.2, -0.15) is 0 Å². The van der Waals surface area contributed by atoms with E-state index >= 15 is 0 Å². The van der Waals surface area contributed by atoms with E-state index in [2.05, 4.69) is 0 Å². The van der Waals surface area contributed by atoms with Gasteiger partial charge in [0.15, 0.2) is 0 Å². The monoisotopic (exact) mass is 355 g/mol. The van der Waals surface area contributed by atoms with E-state index in [-0.39, 0.29) is 5.91 Å². The average Bonchev–Trinajstić information content (AvgIpc) is 3.13. The molecule has 0 atom stereocenters. The van der Waals surface area contributed by atoms with Gasteiger partial charge in [-0.05, 0) is 23.3 Å². The maximum Gasteiger partial charge on any atom is 0.340 e. The van der Waals surface area contributed by atoms with Crippen molar-refractivity contribution in [3.8, 4) is 11.1 Å². The molecule has 0 aliphatic rings. The van der Waals surface area contributed by atoms with Crippen LogP contribution in [0.3, 0.4) is 0 Å². The predicted octanol–water partition coefficient (Wildman–Crippen LogP) is 4.78. The molecule has 132 valence electrons. The number of carbonyl (C=O) groups excluding carboxylic acids is 2. The summed E-state index contributed by atoms with van der Waals surface area (Å²) in [5.74, 6) is -0.657. The van der Waals surface area contributed by atoms with Crippen LogP contribution in [-0.4, -0.2) is 23.6 Å². The van der Waals surface area contributed by atoms with Gasteiger partial charge in [-0.1, -0.05) is 66.7 Å². The highest BCUT2D eigenvalue weighted by atomic mass is 16.5. The first kappa shape index (κ1) is 16.8. The van der Waals surface area contributed by atoms with Crippen molar-refractivity contribution in [2.75, 3.05) is 7.11 Å². The van der Waals surface area contributed by atoms with E-state index < -0.39 is 5.97 Å². The summed E-state index contributed by atoms with van der Waals surface area (Å²) in [5, 5.41) is 0.690. The van der Waals surface area contributed by atoms with Gasteiger partial charge in [0.2, 0.25) is 0 Å². The number of rotatable bonds is 3. The van der Waals surface area contributed by atoms with Crippen molar-refractivity contribution in [1.82, 2.24) is 4.57 Å². The zero-order valence-electron chi connectivity index (χ0n) is 14.8. The second-order valence-electron chi connectivity index (χ2n) is 6.14. The highest BCUT2D eigenvalue weighted by Gasteiger charge is 2.21. The molecular weight excluding hydrogens is 338 g/mol. The molecule has 0 amide bonds. The molecule has 1 heterocycles. The minimum absolute atomic E-state index is 0.194. The summed E-state index contributed by atoms with van der Waals surface area (Å²) < 4.78 is 6.39. The minimum Gasteiger partial charge on any atom is -0.465 e. The molecule has 0 saturated carbocycles. The van der Waals surface area contributed by atoms with E-state index in [1.807, 2.05) is 72.8 Å². The Morgan fingerprint density at radius 3 is 2.22 bits per heavy atom. The number of esters is 1. The molecule has 0 bridgehead atoms. The van der Waals surface area contributed by atoms with E-state index in [0.29, 0.717) is 22.0 Å². The maximum atomic E-state index is 13.4. The highest BCUT2D eigenvalue weighted by molar-refractivity contribution is 6.11. The van der Waals surface area contributed by atoms with Gasteiger partial charge in [0, 0.05) is 17.1 Å². The Morgan fingerprint density at radius 1 is 0.778 bits per heavy atom. The fraction of sp³-hybridized carbons (Fsp3) is 0.0435. The summed E-state index contributed by atoms with van der Waals surface area (Å²) in [6.07, 6.45) is 1.56. The SMILES string of the molecule is COC(=O)c1cn(C(=O)c2ccccc2-c2ccccc2)c2ccccc12. The number of fused-ring (bicyclic) bond motifs is 1. The molecule has 4 heteroatoms. The Labute approximate surface area is 156 Å². The molecule has 4 rings (SSSR count). The van der Waals surface area contributed by atoms with E-state index in [0.717, 1.165) is 11.1 Å². The average molecular weight is 355 g/mol. The van der Waals surface area contributed by atoms with Gasteiger partial charge < -0.3 is 4.74 Å². The van der Waals surface area contributed by atoms with Crippen molar-refractivity contribution in [2.45, 2.75) is 0 Å². The van der Waals surface area contributed by atoms with Gasteiger partial charge in [-0.15, -0.1) is 0 Å². The van der Waals surface area contributed by atoms with Gasteiger partial charge in [-0.25, -0.2) is 4.79 Å². The number of aromatic nitrogens is 1. The fourth-order valence-electron chi connectivity index (χ4n) is 3.29. The lowest BCUT2D eigenvalue weighted by atomic mass is 9.99. The van der Waals surface area contributed by atoms with Crippen LogP contribution >= 0.6 is 0 Å². The number of para-hydroxylation sites is 1. The lowest BCUT2D eigenvalue weighted by Crippen LogP contribution is -2.12. The normalized spacial score (nSPS) is 10.7. The van der Waals surface area contributed by atoms with Crippen LogP contribution in [0.2, 0.25) is 0 Å². The third kappa shape index (κ3) is 2.91. The summed E-state index contributed by atoms with van der Waals surface area (Å²) in [7, 11) is 1.33. The molecule has 0 saturated heterocycles. The molecule has 0 fully saturated rings. The van der Waals surface area contributed by atoms with Gasteiger partial charge in [0.1, 0.15) is 0 Å². The van der Waals surface area contributed by atoms with Crippen LogP contribution in [0.1, 0.15) is 20.7 Å². The number of benzene rings is 3. The van der Waals surface area contributed by atoms with Gasteiger partial charge in [-0.3, -0.25) is 9.36 Å². The molecule has 4 nitrogen and oxygen atoms in total. The Kier molecular flexibility index (Phi) is 4.30. The number of hydrogen-bond donors (Lipinski definition) is 0. The first-order chi connectivity index (χ1) is 13.2. The molecule has 4 aromatic rings. The number of hydrogen-bond acceptors (Lipinski definition) is 3. The molecule has 0 unspecified atom stereocenters. The molecule has 0 aliphatic heterocycles. The van der Waals surface area contributed by atoms with Crippen LogP contribution in [0, 0.1) is 0 Å². The summed E-state index contributed by atoms with van der Waals surface area (Å²) in [4.78, 5) is 25.5. The van der Waals surface area contributed by atoms with Crippen molar-refractivity contribution >= 4 is 22.8 Å². The predicted molar refractivity (Wildman–Crippen MR) is 105 cm³/mol. The number of ether oxygens (including phenoxy) is 1. The molecule has 3 aromatic carbocycles. The zero-order valence-corrected chi connectivity index (χ0v) is 14.8. The maximum absolute atomic E-state index is 13.4. The smallest absolute Gasteiger partial charge is 0.340 e. The van der Waals surface area contributed by atoms with Gasteiger partial charge in [0.25, 0.3) is 5.91 Å². The van der Waals surface area contributed by atoms with Gasteiger partial charge >= 0.3 is 5.97 Å². The molecule has 27 heavy (non-hydrogen) atoms. The second-order valence-corrected chi connectivity index (χ2v) is 6.14.